The molecule has 6 heteroatoms. The van der Waals surface area contributed by atoms with Gasteiger partial charge in [0.05, 0.1) is 24.6 Å². The van der Waals surface area contributed by atoms with Crippen LogP contribution < -0.4 is 16.4 Å². The van der Waals surface area contributed by atoms with Gasteiger partial charge in [0.1, 0.15) is 0 Å². The third-order valence-electron chi connectivity index (χ3n) is 1.87. The summed E-state index contributed by atoms with van der Waals surface area (Å²) in [7, 11) is 0. The SMILES string of the molecule is CC(C)CN(CC(N)=O)c1ncc(N)cn1. The summed E-state index contributed by atoms with van der Waals surface area (Å²) in [5.41, 5.74) is 11.2. The number of nitrogens with zero attached hydrogens (tertiary/aromatic N) is 3. The molecular formula is C10H17N5O. The third kappa shape index (κ3) is 3.72. The van der Waals surface area contributed by atoms with E-state index in [2.05, 4.69) is 9.97 Å². The zero-order valence-electron chi connectivity index (χ0n) is 9.55. The van der Waals surface area contributed by atoms with Crippen molar-refractivity contribution in [3.05, 3.63) is 12.4 Å². The van der Waals surface area contributed by atoms with E-state index in [4.69, 9.17) is 11.5 Å². The Morgan fingerprint density at radius 1 is 1.44 bits per heavy atom. The predicted octanol–water partition coefficient (Wildman–Crippen LogP) is 0.00650. The summed E-state index contributed by atoms with van der Waals surface area (Å²) >= 11 is 0. The fraction of sp³-hybridized carbons (Fsp3) is 0.500. The summed E-state index contributed by atoms with van der Waals surface area (Å²) in [6.45, 7) is 4.88. The van der Waals surface area contributed by atoms with Crippen LogP contribution in [0.2, 0.25) is 0 Å². The first-order chi connectivity index (χ1) is 7.49. The topological polar surface area (TPSA) is 98.1 Å². The van der Waals surface area contributed by atoms with Crippen LogP contribution in [0.1, 0.15) is 13.8 Å². The second kappa shape index (κ2) is 5.29. The van der Waals surface area contributed by atoms with E-state index in [9.17, 15) is 4.79 Å². The van der Waals surface area contributed by atoms with Crippen LogP contribution in [0.4, 0.5) is 11.6 Å². The van der Waals surface area contributed by atoms with Crippen molar-refractivity contribution >= 4 is 17.5 Å². The van der Waals surface area contributed by atoms with Gasteiger partial charge in [0, 0.05) is 6.54 Å². The molecule has 0 aromatic carbocycles. The van der Waals surface area contributed by atoms with Crippen molar-refractivity contribution in [2.24, 2.45) is 11.7 Å². The molecular weight excluding hydrogens is 206 g/mol. The zero-order valence-corrected chi connectivity index (χ0v) is 9.55. The minimum atomic E-state index is -0.402. The number of aromatic nitrogens is 2. The molecule has 0 fully saturated rings. The molecule has 6 nitrogen and oxygen atoms in total. The van der Waals surface area contributed by atoms with E-state index in [1.807, 2.05) is 13.8 Å². The Hall–Kier alpha value is -1.85. The van der Waals surface area contributed by atoms with Crippen molar-refractivity contribution in [2.75, 3.05) is 23.7 Å². The number of primary amides is 1. The normalized spacial score (nSPS) is 10.4. The van der Waals surface area contributed by atoms with Gasteiger partial charge in [-0.1, -0.05) is 13.8 Å². The molecule has 0 aliphatic carbocycles. The maximum atomic E-state index is 10.9. The van der Waals surface area contributed by atoms with E-state index < -0.39 is 5.91 Å². The summed E-state index contributed by atoms with van der Waals surface area (Å²) in [6.07, 6.45) is 3.02. The average Bonchev–Trinajstić information content (AvgIpc) is 2.16. The fourth-order valence-electron chi connectivity index (χ4n) is 1.34. The predicted molar refractivity (Wildman–Crippen MR) is 62.7 cm³/mol. The lowest BCUT2D eigenvalue weighted by Crippen LogP contribution is -2.37. The number of hydrogen-bond donors (Lipinski definition) is 2. The second-order valence-electron chi connectivity index (χ2n) is 4.06. The summed E-state index contributed by atoms with van der Waals surface area (Å²) in [6, 6.07) is 0. The van der Waals surface area contributed by atoms with Gasteiger partial charge in [-0.2, -0.15) is 0 Å². The molecule has 0 aliphatic heterocycles. The van der Waals surface area contributed by atoms with E-state index in [1.165, 1.54) is 12.4 Å². The quantitative estimate of drug-likeness (QED) is 0.732. The number of anilines is 2. The van der Waals surface area contributed by atoms with Crippen LogP contribution in [0, 0.1) is 5.92 Å². The Bertz CT molecular complexity index is 349. The Kier molecular flexibility index (Phi) is 4.04. The molecule has 88 valence electrons. The van der Waals surface area contributed by atoms with Gasteiger partial charge in [-0.25, -0.2) is 9.97 Å². The lowest BCUT2D eigenvalue weighted by Gasteiger charge is -2.22. The van der Waals surface area contributed by atoms with Gasteiger partial charge in [0.15, 0.2) is 0 Å². The number of carbonyl (C=O) groups is 1. The van der Waals surface area contributed by atoms with Crippen LogP contribution >= 0.6 is 0 Å². The van der Waals surface area contributed by atoms with E-state index in [1.54, 1.807) is 4.90 Å². The molecule has 0 radical (unpaired) electrons. The smallest absolute Gasteiger partial charge is 0.237 e. The summed E-state index contributed by atoms with van der Waals surface area (Å²) in [4.78, 5) is 20.8. The minimum absolute atomic E-state index is 0.113. The first-order valence-electron chi connectivity index (χ1n) is 5.10. The molecule has 1 heterocycles. The van der Waals surface area contributed by atoms with Crippen molar-refractivity contribution in [3.8, 4) is 0 Å². The molecule has 1 rings (SSSR count). The summed E-state index contributed by atoms with van der Waals surface area (Å²) < 4.78 is 0. The van der Waals surface area contributed by atoms with Crippen molar-refractivity contribution < 1.29 is 4.79 Å². The van der Waals surface area contributed by atoms with E-state index in [0.717, 1.165) is 0 Å². The molecule has 0 bridgehead atoms. The Labute approximate surface area is 94.7 Å². The van der Waals surface area contributed by atoms with Gasteiger partial charge in [-0.05, 0) is 5.92 Å². The lowest BCUT2D eigenvalue weighted by atomic mass is 10.2. The van der Waals surface area contributed by atoms with Gasteiger partial charge in [-0.3, -0.25) is 4.79 Å². The molecule has 0 saturated heterocycles. The molecule has 0 atom stereocenters. The maximum Gasteiger partial charge on any atom is 0.237 e. The number of nitrogens with two attached hydrogens (primary N) is 2. The minimum Gasteiger partial charge on any atom is -0.396 e. The molecule has 0 spiro atoms. The molecule has 4 N–H and O–H groups in total. The highest BCUT2D eigenvalue weighted by Gasteiger charge is 2.13. The highest BCUT2D eigenvalue weighted by molar-refractivity contribution is 5.78. The molecule has 1 aromatic rings. The second-order valence-corrected chi connectivity index (χ2v) is 4.06. The van der Waals surface area contributed by atoms with Crippen LogP contribution in [-0.4, -0.2) is 29.0 Å². The van der Waals surface area contributed by atoms with Crippen LogP contribution in [0.3, 0.4) is 0 Å². The fourth-order valence-corrected chi connectivity index (χ4v) is 1.34. The Balaban J connectivity index is 2.82. The van der Waals surface area contributed by atoms with Gasteiger partial charge in [-0.15, -0.1) is 0 Å². The van der Waals surface area contributed by atoms with Crippen LogP contribution in [-0.2, 0) is 4.79 Å². The Morgan fingerprint density at radius 2 is 2.00 bits per heavy atom. The van der Waals surface area contributed by atoms with E-state index in [-0.39, 0.29) is 6.54 Å². The van der Waals surface area contributed by atoms with Crippen molar-refractivity contribution in [1.29, 1.82) is 0 Å². The number of rotatable bonds is 5. The van der Waals surface area contributed by atoms with Crippen molar-refractivity contribution in [2.45, 2.75) is 13.8 Å². The van der Waals surface area contributed by atoms with E-state index in [0.29, 0.717) is 24.1 Å². The number of carbonyl (C=O) groups excluding carboxylic acids is 1. The standard InChI is InChI=1S/C10H17N5O/c1-7(2)5-15(6-9(12)16)10-13-3-8(11)4-14-10/h3-4,7H,5-6,11H2,1-2H3,(H2,12,16). The monoisotopic (exact) mass is 223 g/mol. The van der Waals surface area contributed by atoms with Crippen molar-refractivity contribution in [1.82, 2.24) is 9.97 Å². The van der Waals surface area contributed by atoms with E-state index >= 15 is 0 Å². The molecule has 16 heavy (non-hydrogen) atoms. The molecule has 0 unspecified atom stereocenters. The summed E-state index contributed by atoms with van der Waals surface area (Å²) in [5.74, 6) is 0.461. The number of nitrogen functional groups attached to an aromatic ring is 1. The van der Waals surface area contributed by atoms with Crippen molar-refractivity contribution in [3.63, 3.8) is 0 Å². The molecule has 0 saturated carbocycles. The third-order valence-corrected chi connectivity index (χ3v) is 1.87. The van der Waals surface area contributed by atoms with Crippen LogP contribution in [0.15, 0.2) is 12.4 Å². The highest BCUT2D eigenvalue weighted by Crippen LogP contribution is 2.09. The summed E-state index contributed by atoms with van der Waals surface area (Å²) in [5, 5.41) is 0. The number of hydrogen-bond acceptors (Lipinski definition) is 5. The van der Waals surface area contributed by atoms with Gasteiger partial charge in [0.25, 0.3) is 0 Å². The van der Waals surface area contributed by atoms with Gasteiger partial charge in [0.2, 0.25) is 11.9 Å². The zero-order chi connectivity index (χ0) is 12.1. The molecule has 1 aromatic heterocycles. The van der Waals surface area contributed by atoms with Crippen LogP contribution in [0.5, 0.6) is 0 Å². The first-order valence-corrected chi connectivity index (χ1v) is 5.10. The van der Waals surface area contributed by atoms with Crippen LogP contribution in [0.25, 0.3) is 0 Å². The number of amides is 1. The highest BCUT2D eigenvalue weighted by atomic mass is 16.1. The van der Waals surface area contributed by atoms with Gasteiger partial charge >= 0.3 is 0 Å². The lowest BCUT2D eigenvalue weighted by molar-refractivity contribution is -0.116. The first kappa shape index (κ1) is 12.2. The average molecular weight is 223 g/mol. The molecule has 1 amide bonds. The Morgan fingerprint density at radius 3 is 2.44 bits per heavy atom. The molecule has 0 aliphatic rings. The van der Waals surface area contributed by atoms with Gasteiger partial charge < -0.3 is 16.4 Å². The largest absolute Gasteiger partial charge is 0.396 e. The maximum absolute atomic E-state index is 10.9.